The number of fused-ring (bicyclic) bond motifs is 2. The Morgan fingerprint density at radius 1 is 1.12 bits per heavy atom. The lowest BCUT2D eigenvalue weighted by molar-refractivity contribution is 0.0933. The summed E-state index contributed by atoms with van der Waals surface area (Å²) in [4.78, 5) is 29.6. The molecule has 1 aliphatic heterocycles. The molecule has 1 amide bonds. The number of nitrogens with zero attached hydrogens (tertiary/aromatic N) is 2. The van der Waals surface area contributed by atoms with Crippen LogP contribution in [0.4, 0.5) is 0 Å². The second kappa shape index (κ2) is 6.38. The van der Waals surface area contributed by atoms with Crippen molar-refractivity contribution in [3.8, 4) is 0 Å². The lowest BCUT2D eigenvalue weighted by atomic mass is 10.1. The molecule has 0 saturated heterocycles. The van der Waals surface area contributed by atoms with Crippen LogP contribution in [0.15, 0.2) is 23.0 Å². The van der Waals surface area contributed by atoms with Crippen LogP contribution in [-0.2, 0) is 13.0 Å². The molecule has 0 bridgehead atoms. The average molecular weight is 325 g/mol. The van der Waals surface area contributed by atoms with Gasteiger partial charge in [0.1, 0.15) is 5.82 Å². The number of nitrogens with one attached hydrogen (secondary N) is 1. The van der Waals surface area contributed by atoms with Crippen LogP contribution in [0.2, 0.25) is 0 Å². The van der Waals surface area contributed by atoms with E-state index in [-0.39, 0.29) is 17.5 Å². The Hall–Kier alpha value is -2.17. The maximum Gasteiger partial charge on any atom is 0.261 e. The monoisotopic (exact) mass is 325 g/mol. The smallest absolute Gasteiger partial charge is 0.261 e. The van der Waals surface area contributed by atoms with Gasteiger partial charge in [-0.1, -0.05) is 25.7 Å². The summed E-state index contributed by atoms with van der Waals surface area (Å²) in [6.07, 6.45) is 8.83. The maximum atomic E-state index is 12.6. The topological polar surface area (TPSA) is 64.0 Å². The van der Waals surface area contributed by atoms with E-state index in [0.717, 1.165) is 38.1 Å². The Bertz CT molecular complexity index is 832. The summed E-state index contributed by atoms with van der Waals surface area (Å²) in [6.45, 7) is 0.751. The van der Waals surface area contributed by atoms with Crippen LogP contribution in [0, 0.1) is 0 Å². The SMILES string of the molecule is O=C(NC1CCCCCC1)c1ccc2c(=O)n3c(nc2c1)CCC3. The van der Waals surface area contributed by atoms with Crippen LogP contribution < -0.4 is 10.9 Å². The first-order valence-electron chi connectivity index (χ1n) is 9.07. The molecule has 2 aliphatic rings. The van der Waals surface area contributed by atoms with Crippen molar-refractivity contribution in [1.82, 2.24) is 14.9 Å². The van der Waals surface area contributed by atoms with Crippen LogP contribution in [0.3, 0.4) is 0 Å². The fourth-order valence-electron chi connectivity index (χ4n) is 3.92. The normalized spacial score (nSPS) is 18.3. The molecule has 0 spiro atoms. The Morgan fingerprint density at radius 2 is 1.92 bits per heavy atom. The predicted octanol–water partition coefficient (Wildman–Crippen LogP) is 2.80. The summed E-state index contributed by atoms with van der Waals surface area (Å²) in [5, 5.41) is 3.76. The van der Waals surface area contributed by atoms with Gasteiger partial charge in [-0.15, -0.1) is 0 Å². The summed E-state index contributed by atoms with van der Waals surface area (Å²) >= 11 is 0. The van der Waals surface area contributed by atoms with E-state index in [1.807, 2.05) is 0 Å². The van der Waals surface area contributed by atoms with Crippen LogP contribution in [0.25, 0.3) is 10.9 Å². The van der Waals surface area contributed by atoms with Gasteiger partial charge in [0.25, 0.3) is 11.5 Å². The molecule has 1 fully saturated rings. The number of hydrogen-bond acceptors (Lipinski definition) is 3. The Morgan fingerprint density at radius 3 is 2.71 bits per heavy atom. The van der Waals surface area contributed by atoms with Gasteiger partial charge in [-0.05, 0) is 37.5 Å². The van der Waals surface area contributed by atoms with Gasteiger partial charge in [-0.2, -0.15) is 0 Å². The number of amides is 1. The second-order valence-corrected chi connectivity index (χ2v) is 6.98. The molecule has 0 atom stereocenters. The highest BCUT2D eigenvalue weighted by molar-refractivity contribution is 5.97. The van der Waals surface area contributed by atoms with E-state index in [4.69, 9.17) is 0 Å². The van der Waals surface area contributed by atoms with E-state index in [1.165, 1.54) is 25.7 Å². The third-order valence-electron chi connectivity index (χ3n) is 5.27. The zero-order chi connectivity index (χ0) is 16.5. The first-order valence-corrected chi connectivity index (χ1v) is 9.07. The van der Waals surface area contributed by atoms with E-state index in [0.29, 0.717) is 16.5 Å². The van der Waals surface area contributed by atoms with Crippen molar-refractivity contribution < 1.29 is 4.79 Å². The number of aryl methyl sites for hydroxylation is 1. The molecule has 1 aromatic heterocycles. The van der Waals surface area contributed by atoms with Crippen LogP contribution in [0.5, 0.6) is 0 Å². The average Bonchev–Trinajstić information content (AvgIpc) is 2.91. The molecule has 5 nitrogen and oxygen atoms in total. The van der Waals surface area contributed by atoms with Gasteiger partial charge in [0.2, 0.25) is 0 Å². The Balaban J connectivity index is 1.61. The van der Waals surface area contributed by atoms with Gasteiger partial charge >= 0.3 is 0 Å². The summed E-state index contributed by atoms with van der Waals surface area (Å²) in [6, 6.07) is 5.54. The number of hydrogen-bond donors (Lipinski definition) is 1. The van der Waals surface area contributed by atoms with Crippen LogP contribution in [0.1, 0.15) is 61.1 Å². The summed E-state index contributed by atoms with van der Waals surface area (Å²) in [5.74, 6) is 0.792. The quantitative estimate of drug-likeness (QED) is 0.864. The van der Waals surface area contributed by atoms with Crippen LogP contribution >= 0.6 is 0 Å². The minimum Gasteiger partial charge on any atom is -0.349 e. The highest BCUT2D eigenvalue weighted by Gasteiger charge is 2.19. The Kier molecular flexibility index (Phi) is 4.08. The fraction of sp³-hybridized carbons (Fsp3) is 0.526. The van der Waals surface area contributed by atoms with Crippen molar-refractivity contribution in [2.24, 2.45) is 0 Å². The molecule has 1 saturated carbocycles. The summed E-state index contributed by atoms with van der Waals surface area (Å²) < 4.78 is 1.76. The first kappa shape index (κ1) is 15.4. The lowest BCUT2D eigenvalue weighted by Crippen LogP contribution is -2.34. The number of carbonyl (C=O) groups is 1. The highest BCUT2D eigenvalue weighted by atomic mass is 16.1. The molecule has 1 N–H and O–H groups in total. The zero-order valence-corrected chi connectivity index (χ0v) is 13.9. The highest BCUT2D eigenvalue weighted by Crippen LogP contribution is 2.19. The van der Waals surface area contributed by atoms with Crippen LogP contribution in [-0.4, -0.2) is 21.5 Å². The summed E-state index contributed by atoms with van der Waals surface area (Å²) in [7, 11) is 0. The first-order chi connectivity index (χ1) is 11.7. The number of benzene rings is 1. The van der Waals surface area contributed by atoms with E-state index in [1.54, 1.807) is 22.8 Å². The van der Waals surface area contributed by atoms with Crippen molar-refractivity contribution in [3.63, 3.8) is 0 Å². The van der Waals surface area contributed by atoms with Gasteiger partial charge in [-0.25, -0.2) is 4.98 Å². The lowest BCUT2D eigenvalue weighted by Gasteiger charge is -2.16. The van der Waals surface area contributed by atoms with E-state index in [9.17, 15) is 9.59 Å². The van der Waals surface area contributed by atoms with Gasteiger partial charge in [0.05, 0.1) is 10.9 Å². The number of carbonyl (C=O) groups excluding carboxylic acids is 1. The molecule has 1 aliphatic carbocycles. The molecule has 2 heterocycles. The Labute approximate surface area is 141 Å². The third-order valence-corrected chi connectivity index (χ3v) is 5.27. The molecule has 1 aromatic carbocycles. The molecule has 5 heteroatoms. The minimum absolute atomic E-state index is 0.0169. The predicted molar refractivity (Wildman–Crippen MR) is 93.3 cm³/mol. The fourth-order valence-corrected chi connectivity index (χ4v) is 3.92. The van der Waals surface area contributed by atoms with Crippen molar-refractivity contribution in [2.45, 2.75) is 64.0 Å². The number of rotatable bonds is 2. The molecular formula is C19H23N3O2. The van der Waals surface area contributed by atoms with E-state index < -0.39 is 0 Å². The van der Waals surface area contributed by atoms with Crippen molar-refractivity contribution in [1.29, 1.82) is 0 Å². The largest absolute Gasteiger partial charge is 0.349 e. The molecule has 0 unspecified atom stereocenters. The molecule has 24 heavy (non-hydrogen) atoms. The van der Waals surface area contributed by atoms with Gasteiger partial charge in [-0.3, -0.25) is 14.2 Å². The minimum atomic E-state index is -0.0498. The number of aromatic nitrogens is 2. The van der Waals surface area contributed by atoms with Gasteiger partial charge in [0.15, 0.2) is 0 Å². The third kappa shape index (κ3) is 2.83. The van der Waals surface area contributed by atoms with Gasteiger partial charge < -0.3 is 5.32 Å². The molecular weight excluding hydrogens is 302 g/mol. The van der Waals surface area contributed by atoms with Crippen molar-refractivity contribution in [2.75, 3.05) is 0 Å². The van der Waals surface area contributed by atoms with E-state index in [2.05, 4.69) is 10.3 Å². The second-order valence-electron chi connectivity index (χ2n) is 6.98. The van der Waals surface area contributed by atoms with Gasteiger partial charge in [0, 0.05) is 24.6 Å². The molecule has 0 radical (unpaired) electrons. The zero-order valence-electron chi connectivity index (χ0n) is 13.9. The maximum absolute atomic E-state index is 12.6. The van der Waals surface area contributed by atoms with E-state index >= 15 is 0 Å². The van der Waals surface area contributed by atoms with Crippen molar-refractivity contribution >= 4 is 16.8 Å². The summed E-state index contributed by atoms with van der Waals surface area (Å²) in [5.41, 5.74) is 1.26. The standard InChI is InChI=1S/C19H23N3O2/c23-18(20-14-6-3-1-2-4-7-14)13-9-10-15-16(12-13)21-17-8-5-11-22(17)19(15)24/h9-10,12,14H,1-8,11H2,(H,20,23). The molecule has 2 aromatic rings. The van der Waals surface area contributed by atoms with Crippen molar-refractivity contribution in [3.05, 3.63) is 39.9 Å². The molecule has 126 valence electrons. The molecule has 4 rings (SSSR count).